The highest BCUT2D eigenvalue weighted by molar-refractivity contribution is 7.21. The van der Waals surface area contributed by atoms with E-state index in [9.17, 15) is 19.7 Å². The quantitative estimate of drug-likeness (QED) is 0.381. The Balaban J connectivity index is 1.64. The number of hydrogen-bond acceptors (Lipinski definition) is 6. The number of anilines is 1. The van der Waals surface area contributed by atoms with E-state index >= 15 is 0 Å². The summed E-state index contributed by atoms with van der Waals surface area (Å²) in [5.41, 5.74) is 0.811. The fraction of sp³-hybridized carbons (Fsp3) is 0.111. The van der Waals surface area contributed by atoms with E-state index < -0.39 is 23.4 Å². The predicted molar refractivity (Wildman–Crippen MR) is 104 cm³/mol. The minimum Gasteiger partial charge on any atom is -0.451 e. The average Bonchev–Trinajstić information content (AvgIpc) is 2.98. The Kier molecular flexibility index (Phi) is 5.38. The van der Waals surface area contributed by atoms with Crippen molar-refractivity contribution in [3.63, 3.8) is 0 Å². The SMILES string of the molecule is Cc1c(C(=O)OCC(=O)Nc2ccc([N+](=O)[O-])cc2Cl)sc2ccccc12. The van der Waals surface area contributed by atoms with Crippen LogP contribution in [-0.2, 0) is 9.53 Å². The van der Waals surface area contributed by atoms with Crippen LogP contribution in [0.3, 0.4) is 0 Å². The second kappa shape index (κ2) is 7.73. The molecule has 27 heavy (non-hydrogen) atoms. The number of benzene rings is 2. The molecule has 0 spiro atoms. The molecule has 9 heteroatoms. The predicted octanol–water partition coefficient (Wildman–Crippen LogP) is 4.57. The van der Waals surface area contributed by atoms with Gasteiger partial charge in [0.15, 0.2) is 6.61 Å². The highest BCUT2D eigenvalue weighted by Crippen LogP contribution is 2.31. The molecule has 0 unspecified atom stereocenters. The Labute approximate surface area is 162 Å². The average molecular weight is 405 g/mol. The maximum atomic E-state index is 12.3. The van der Waals surface area contributed by atoms with Gasteiger partial charge in [-0.25, -0.2) is 4.79 Å². The van der Waals surface area contributed by atoms with E-state index in [1.54, 1.807) is 0 Å². The number of fused-ring (bicyclic) bond motifs is 1. The summed E-state index contributed by atoms with van der Waals surface area (Å²) < 4.78 is 6.04. The number of amides is 1. The maximum absolute atomic E-state index is 12.3. The van der Waals surface area contributed by atoms with Gasteiger partial charge in [-0.2, -0.15) is 0 Å². The smallest absolute Gasteiger partial charge is 0.349 e. The van der Waals surface area contributed by atoms with Gasteiger partial charge in [-0.15, -0.1) is 11.3 Å². The Morgan fingerprint density at radius 3 is 2.67 bits per heavy atom. The molecule has 3 rings (SSSR count). The van der Waals surface area contributed by atoms with Crippen LogP contribution in [0.4, 0.5) is 11.4 Å². The molecule has 1 amide bonds. The van der Waals surface area contributed by atoms with Crippen molar-refractivity contribution in [1.82, 2.24) is 0 Å². The third-order valence-corrected chi connectivity index (χ3v) is 5.37. The lowest BCUT2D eigenvalue weighted by Crippen LogP contribution is -2.21. The minimum atomic E-state index is -0.599. The van der Waals surface area contributed by atoms with Crippen LogP contribution in [0.1, 0.15) is 15.2 Å². The molecule has 0 aliphatic rings. The van der Waals surface area contributed by atoms with Gasteiger partial charge in [0, 0.05) is 16.8 Å². The van der Waals surface area contributed by atoms with Crippen molar-refractivity contribution in [1.29, 1.82) is 0 Å². The molecule has 0 atom stereocenters. The van der Waals surface area contributed by atoms with Crippen LogP contribution in [0.15, 0.2) is 42.5 Å². The Morgan fingerprint density at radius 1 is 1.26 bits per heavy atom. The van der Waals surface area contributed by atoms with Gasteiger partial charge in [-0.05, 0) is 30.0 Å². The van der Waals surface area contributed by atoms with Gasteiger partial charge in [0.25, 0.3) is 11.6 Å². The molecule has 0 radical (unpaired) electrons. The number of nitro groups is 1. The number of rotatable bonds is 5. The topological polar surface area (TPSA) is 98.5 Å². The number of non-ortho nitro benzene ring substituents is 1. The monoisotopic (exact) mass is 404 g/mol. The summed E-state index contributed by atoms with van der Waals surface area (Å²) >= 11 is 7.22. The molecule has 1 heterocycles. The largest absolute Gasteiger partial charge is 0.451 e. The molecular weight excluding hydrogens is 392 g/mol. The maximum Gasteiger partial charge on any atom is 0.349 e. The molecule has 138 valence electrons. The summed E-state index contributed by atoms with van der Waals surface area (Å²) in [5, 5.41) is 14.1. The molecule has 0 saturated heterocycles. The van der Waals surface area contributed by atoms with Crippen molar-refractivity contribution < 1.29 is 19.2 Å². The van der Waals surface area contributed by atoms with Gasteiger partial charge < -0.3 is 10.1 Å². The summed E-state index contributed by atoms with van der Waals surface area (Å²) in [6.07, 6.45) is 0. The third kappa shape index (κ3) is 4.07. The highest BCUT2D eigenvalue weighted by atomic mass is 35.5. The zero-order chi connectivity index (χ0) is 19.6. The molecule has 0 aliphatic heterocycles. The van der Waals surface area contributed by atoms with E-state index in [1.807, 2.05) is 31.2 Å². The molecule has 1 aromatic heterocycles. The molecule has 2 aromatic carbocycles. The van der Waals surface area contributed by atoms with Gasteiger partial charge in [0.1, 0.15) is 4.88 Å². The van der Waals surface area contributed by atoms with Crippen LogP contribution in [0.2, 0.25) is 5.02 Å². The number of halogens is 1. The van der Waals surface area contributed by atoms with Crippen molar-refractivity contribution >= 4 is 56.3 Å². The van der Waals surface area contributed by atoms with E-state index in [0.717, 1.165) is 21.7 Å². The third-order valence-electron chi connectivity index (χ3n) is 3.80. The van der Waals surface area contributed by atoms with Crippen LogP contribution in [0.25, 0.3) is 10.1 Å². The Hall–Kier alpha value is -2.97. The van der Waals surface area contributed by atoms with Gasteiger partial charge in [-0.3, -0.25) is 14.9 Å². The van der Waals surface area contributed by atoms with Gasteiger partial charge in [0.05, 0.1) is 15.6 Å². The second-order valence-corrected chi connectivity index (χ2v) is 7.06. The number of thiophene rings is 1. The first-order chi connectivity index (χ1) is 12.9. The lowest BCUT2D eigenvalue weighted by molar-refractivity contribution is -0.384. The number of esters is 1. The number of nitrogens with one attached hydrogen (secondary N) is 1. The van der Waals surface area contributed by atoms with E-state index in [0.29, 0.717) is 4.88 Å². The van der Waals surface area contributed by atoms with Crippen LogP contribution in [0.5, 0.6) is 0 Å². The lowest BCUT2D eigenvalue weighted by Gasteiger charge is -2.08. The summed E-state index contributed by atoms with van der Waals surface area (Å²) in [6, 6.07) is 11.3. The fourth-order valence-electron chi connectivity index (χ4n) is 2.47. The van der Waals surface area contributed by atoms with Crippen LogP contribution in [-0.4, -0.2) is 23.4 Å². The van der Waals surface area contributed by atoms with Crippen molar-refractivity contribution in [3.05, 3.63) is 68.0 Å². The van der Waals surface area contributed by atoms with E-state index in [1.165, 1.54) is 23.5 Å². The minimum absolute atomic E-state index is 0.0178. The highest BCUT2D eigenvalue weighted by Gasteiger charge is 2.18. The van der Waals surface area contributed by atoms with Crippen molar-refractivity contribution in [3.8, 4) is 0 Å². The number of aryl methyl sites for hydroxylation is 1. The van der Waals surface area contributed by atoms with E-state index in [-0.39, 0.29) is 16.4 Å². The van der Waals surface area contributed by atoms with Gasteiger partial charge in [-0.1, -0.05) is 29.8 Å². The molecule has 7 nitrogen and oxygen atoms in total. The number of ether oxygens (including phenoxy) is 1. The number of hydrogen-bond donors (Lipinski definition) is 1. The van der Waals surface area contributed by atoms with E-state index in [2.05, 4.69) is 5.32 Å². The first kappa shape index (κ1) is 18.8. The van der Waals surface area contributed by atoms with Crippen molar-refractivity contribution in [2.24, 2.45) is 0 Å². The summed E-state index contributed by atoms with van der Waals surface area (Å²) in [7, 11) is 0. The standard InChI is InChI=1S/C18H13ClN2O5S/c1-10-12-4-2-3-5-15(12)27-17(10)18(23)26-9-16(22)20-14-7-6-11(21(24)25)8-13(14)19/h2-8H,9H2,1H3,(H,20,22). The number of nitro benzene ring substituents is 1. The van der Waals surface area contributed by atoms with Crippen LogP contribution < -0.4 is 5.32 Å². The molecule has 3 aromatic rings. The molecule has 0 fully saturated rings. The van der Waals surface area contributed by atoms with Gasteiger partial charge >= 0.3 is 5.97 Å². The van der Waals surface area contributed by atoms with Gasteiger partial charge in [0.2, 0.25) is 0 Å². The van der Waals surface area contributed by atoms with Crippen LogP contribution in [0, 0.1) is 17.0 Å². The van der Waals surface area contributed by atoms with E-state index in [4.69, 9.17) is 16.3 Å². The zero-order valence-corrected chi connectivity index (χ0v) is 15.6. The number of carbonyl (C=O) groups excluding carboxylic acids is 2. The number of nitrogens with zero attached hydrogens (tertiary/aromatic N) is 1. The van der Waals surface area contributed by atoms with Crippen molar-refractivity contribution in [2.45, 2.75) is 6.92 Å². The molecule has 0 saturated carbocycles. The first-order valence-corrected chi connectivity index (χ1v) is 8.95. The summed E-state index contributed by atoms with van der Waals surface area (Å²) in [4.78, 5) is 34.8. The summed E-state index contributed by atoms with van der Waals surface area (Å²) in [6.45, 7) is 1.33. The molecular formula is C18H13ClN2O5S. The zero-order valence-electron chi connectivity index (χ0n) is 14.0. The normalized spacial score (nSPS) is 10.6. The lowest BCUT2D eigenvalue weighted by atomic mass is 10.1. The second-order valence-electron chi connectivity index (χ2n) is 5.60. The molecule has 1 N–H and O–H groups in total. The Morgan fingerprint density at radius 2 is 2.00 bits per heavy atom. The molecule has 0 bridgehead atoms. The number of carbonyl (C=O) groups is 2. The van der Waals surface area contributed by atoms with Crippen molar-refractivity contribution in [2.75, 3.05) is 11.9 Å². The first-order valence-electron chi connectivity index (χ1n) is 7.76. The van der Waals surface area contributed by atoms with Crippen LogP contribution >= 0.6 is 22.9 Å². The molecule has 0 aliphatic carbocycles. The summed E-state index contributed by atoms with van der Waals surface area (Å²) in [5.74, 6) is -1.18. The fourth-order valence-corrected chi connectivity index (χ4v) is 3.80. The Bertz CT molecular complexity index is 1060.